The molecule has 0 heterocycles. The minimum atomic E-state index is -0.466. The van der Waals surface area contributed by atoms with Crippen LogP contribution in [0.3, 0.4) is 0 Å². The van der Waals surface area contributed by atoms with E-state index in [9.17, 15) is 4.79 Å². The van der Waals surface area contributed by atoms with E-state index >= 15 is 0 Å². The lowest BCUT2D eigenvalue weighted by atomic mass is 10.1. The lowest BCUT2D eigenvalue weighted by Gasteiger charge is -2.36. The second-order valence-corrected chi connectivity index (χ2v) is 6.90. The summed E-state index contributed by atoms with van der Waals surface area (Å²) in [6, 6.07) is 0. The monoisotopic (exact) mass is 288 g/mol. The van der Waals surface area contributed by atoms with Gasteiger partial charge in [0, 0.05) is 32.3 Å². The topological polar surface area (TPSA) is 50.8 Å². The molecule has 0 radical (unpaired) electrons. The highest BCUT2D eigenvalue weighted by Crippen LogP contribution is 2.17. The SMILES string of the molecule is COCCCNCCN(C(=O)OC(C)(C)C)C(C)(C)C. The largest absolute Gasteiger partial charge is 0.444 e. The first-order valence-electron chi connectivity index (χ1n) is 7.28. The number of nitrogens with one attached hydrogen (secondary N) is 1. The number of methoxy groups -OCH3 is 1. The van der Waals surface area contributed by atoms with E-state index in [0.29, 0.717) is 6.54 Å². The number of ether oxygens (including phenoxy) is 2. The Kier molecular flexibility index (Phi) is 8.13. The maximum absolute atomic E-state index is 12.2. The molecule has 0 aliphatic heterocycles. The summed E-state index contributed by atoms with van der Waals surface area (Å²) >= 11 is 0. The molecule has 0 saturated heterocycles. The molecule has 0 aliphatic rings. The summed E-state index contributed by atoms with van der Waals surface area (Å²) in [7, 11) is 1.70. The summed E-state index contributed by atoms with van der Waals surface area (Å²) in [6.07, 6.45) is 0.710. The Morgan fingerprint density at radius 1 is 1.10 bits per heavy atom. The van der Waals surface area contributed by atoms with Crippen LogP contribution in [0.4, 0.5) is 4.79 Å². The highest BCUT2D eigenvalue weighted by molar-refractivity contribution is 5.69. The van der Waals surface area contributed by atoms with Gasteiger partial charge in [-0.3, -0.25) is 0 Å². The maximum atomic E-state index is 12.2. The molecular formula is C15H32N2O3. The average Bonchev–Trinajstić information content (AvgIpc) is 2.23. The zero-order valence-corrected chi connectivity index (χ0v) is 14.2. The van der Waals surface area contributed by atoms with Crippen LogP contribution in [0.2, 0.25) is 0 Å². The molecule has 0 unspecified atom stereocenters. The van der Waals surface area contributed by atoms with Crippen LogP contribution in [0.25, 0.3) is 0 Å². The number of carbonyl (C=O) groups excluding carboxylic acids is 1. The fourth-order valence-electron chi connectivity index (χ4n) is 1.67. The van der Waals surface area contributed by atoms with Gasteiger partial charge in [-0.15, -0.1) is 0 Å². The molecular weight excluding hydrogens is 256 g/mol. The van der Waals surface area contributed by atoms with E-state index in [1.54, 1.807) is 12.0 Å². The van der Waals surface area contributed by atoms with Gasteiger partial charge in [0.05, 0.1) is 0 Å². The van der Waals surface area contributed by atoms with E-state index in [-0.39, 0.29) is 11.6 Å². The van der Waals surface area contributed by atoms with Crippen LogP contribution in [0.15, 0.2) is 0 Å². The van der Waals surface area contributed by atoms with Gasteiger partial charge in [0.25, 0.3) is 0 Å². The molecule has 1 amide bonds. The quantitative estimate of drug-likeness (QED) is 0.732. The van der Waals surface area contributed by atoms with Crippen molar-refractivity contribution < 1.29 is 14.3 Å². The predicted molar refractivity (Wildman–Crippen MR) is 82.1 cm³/mol. The summed E-state index contributed by atoms with van der Waals surface area (Å²) in [5.41, 5.74) is -0.719. The second-order valence-electron chi connectivity index (χ2n) is 6.90. The molecule has 20 heavy (non-hydrogen) atoms. The van der Waals surface area contributed by atoms with Crippen LogP contribution in [-0.2, 0) is 9.47 Å². The van der Waals surface area contributed by atoms with E-state index in [2.05, 4.69) is 5.32 Å². The van der Waals surface area contributed by atoms with Crippen molar-refractivity contribution in [3.8, 4) is 0 Å². The highest BCUT2D eigenvalue weighted by atomic mass is 16.6. The summed E-state index contributed by atoms with van der Waals surface area (Å²) in [5.74, 6) is 0. The summed E-state index contributed by atoms with van der Waals surface area (Å²) in [4.78, 5) is 14.0. The fourth-order valence-corrected chi connectivity index (χ4v) is 1.67. The third-order valence-electron chi connectivity index (χ3n) is 2.64. The summed E-state index contributed by atoms with van der Waals surface area (Å²) < 4.78 is 10.5. The van der Waals surface area contributed by atoms with Crippen LogP contribution in [0, 0.1) is 0 Å². The van der Waals surface area contributed by atoms with Gasteiger partial charge in [0.2, 0.25) is 0 Å². The molecule has 120 valence electrons. The normalized spacial score (nSPS) is 12.3. The number of nitrogens with zero attached hydrogens (tertiary/aromatic N) is 1. The first kappa shape index (κ1) is 19.2. The molecule has 0 aliphatic carbocycles. The Balaban J connectivity index is 4.27. The predicted octanol–water partition coefficient (Wildman–Crippen LogP) is 2.65. The van der Waals surface area contributed by atoms with Crippen LogP contribution in [-0.4, -0.2) is 55.5 Å². The zero-order chi connectivity index (χ0) is 15.8. The molecule has 1 N–H and O–H groups in total. The van der Waals surface area contributed by atoms with Crippen molar-refractivity contribution in [2.24, 2.45) is 0 Å². The van der Waals surface area contributed by atoms with Gasteiger partial charge in [-0.25, -0.2) is 4.79 Å². The Labute approximate surface area is 124 Å². The van der Waals surface area contributed by atoms with E-state index in [1.807, 2.05) is 41.5 Å². The van der Waals surface area contributed by atoms with Crippen LogP contribution in [0.1, 0.15) is 48.0 Å². The van der Waals surface area contributed by atoms with E-state index in [1.165, 1.54) is 0 Å². The lowest BCUT2D eigenvalue weighted by Crippen LogP contribution is -2.50. The van der Waals surface area contributed by atoms with Crippen molar-refractivity contribution >= 4 is 6.09 Å². The number of hydrogen-bond acceptors (Lipinski definition) is 4. The van der Waals surface area contributed by atoms with Crippen LogP contribution < -0.4 is 5.32 Å². The molecule has 0 saturated carbocycles. The first-order chi connectivity index (χ1) is 9.08. The number of hydrogen-bond donors (Lipinski definition) is 1. The maximum Gasteiger partial charge on any atom is 0.410 e. The second kappa shape index (κ2) is 8.47. The standard InChI is InChI=1S/C15H32N2O3/c1-14(2,3)17(13(18)20-15(4,5)6)11-10-16-9-8-12-19-7/h16H,8-12H2,1-7H3. The molecule has 0 fully saturated rings. The van der Waals surface area contributed by atoms with Gasteiger partial charge in [-0.05, 0) is 54.5 Å². The Morgan fingerprint density at radius 2 is 1.70 bits per heavy atom. The van der Waals surface area contributed by atoms with Gasteiger partial charge in [-0.1, -0.05) is 0 Å². The smallest absolute Gasteiger partial charge is 0.410 e. The van der Waals surface area contributed by atoms with Crippen LogP contribution >= 0.6 is 0 Å². The summed E-state index contributed by atoms with van der Waals surface area (Å²) in [5, 5.41) is 3.31. The molecule has 5 heteroatoms. The van der Waals surface area contributed by atoms with Crippen molar-refractivity contribution in [3.63, 3.8) is 0 Å². The van der Waals surface area contributed by atoms with Gasteiger partial charge < -0.3 is 19.7 Å². The van der Waals surface area contributed by atoms with Crippen molar-refractivity contribution in [2.75, 3.05) is 33.4 Å². The third kappa shape index (κ3) is 9.15. The lowest BCUT2D eigenvalue weighted by molar-refractivity contribution is 0.00663. The Hall–Kier alpha value is -0.810. The van der Waals surface area contributed by atoms with Gasteiger partial charge >= 0.3 is 6.09 Å². The fraction of sp³-hybridized carbons (Fsp3) is 0.933. The first-order valence-corrected chi connectivity index (χ1v) is 7.28. The molecule has 0 aromatic heterocycles. The van der Waals surface area contributed by atoms with Gasteiger partial charge in [0.1, 0.15) is 5.60 Å². The number of amides is 1. The van der Waals surface area contributed by atoms with Crippen molar-refractivity contribution in [2.45, 2.75) is 59.1 Å². The third-order valence-corrected chi connectivity index (χ3v) is 2.64. The molecule has 0 atom stereocenters. The van der Waals surface area contributed by atoms with E-state index < -0.39 is 5.60 Å². The Bertz CT molecular complexity index is 280. The van der Waals surface area contributed by atoms with Gasteiger partial charge in [0.15, 0.2) is 0 Å². The van der Waals surface area contributed by atoms with Crippen molar-refractivity contribution in [1.82, 2.24) is 10.2 Å². The molecule has 0 aromatic carbocycles. The zero-order valence-electron chi connectivity index (χ0n) is 14.2. The number of carbonyl (C=O) groups is 1. The van der Waals surface area contributed by atoms with Gasteiger partial charge in [-0.2, -0.15) is 0 Å². The molecule has 0 aromatic rings. The minimum absolute atomic E-state index is 0.253. The average molecular weight is 288 g/mol. The molecule has 0 rings (SSSR count). The van der Waals surface area contributed by atoms with E-state index in [0.717, 1.165) is 26.1 Å². The molecule has 5 nitrogen and oxygen atoms in total. The van der Waals surface area contributed by atoms with E-state index in [4.69, 9.17) is 9.47 Å². The molecule has 0 bridgehead atoms. The van der Waals surface area contributed by atoms with Crippen molar-refractivity contribution in [1.29, 1.82) is 0 Å². The van der Waals surface area contributed by atoms with Crippen LogP contribution in [0.5, 0.6) is 0 Å². The molecule has 0 spiro atoms. The minimum Gasteiger partial charge on any atom is -0.444 e. The Morgan fingerprint density at radius 3 is 2.15 bits per heavy atom. The highest BCUT2D eigenvalue weighted by Gasteiger charge is 2.30. The number of rotatable bonds is 7. The van der Waals surface area contributed by atoms with Crippen molar-refractivity contribution in [3.05, 3.63) is 0 Å². The summed E-state index contributed by atoms with van der Waals surface area (Å²) in [6.45, 7) is 14.7.